The van der Waals surface area contributed by atoms with Crippen molar-refractivity contribution < 1.29 is 4.39 Å². The first-order valence-electron chi connectivity index (χ1n) is 8.07. The summed E-state index contributed by atoms with van der Waals surface area (Å²) in [6.45, 7) is 6.07. The van der Waals surface area contributed by atoms with Crippen LogP contribution in [-0.2, 0) is 0 Å². The Morgan fingerprint density at radius 1 is 1.04 bits per heavy atom. The number of hydrogen-bond donors (Lipinski definition) is 0. The minimum atomic E-state index is -0.216. The fourth-order valence-corrected chi connectivity index (χ4v) is 4.26. The van der Waals surface area contributed by atoms with E-state index in [4.69, 9.17) is 0 Å². The third-order valence-electron chi connectivity index (χ3n) is 4.58. The average molecular weight is 342 g/mol. The lowest BCUT2D eigenvalue weighted by molar-refractivity contribution is 0.312. The molecule has 0 bridgehead atoms. The number of fused-ring (bicyclic) bond motifs is 1. The van der Waals surface area contributed by atoms with Crippen LogP contribution in [0.25, 0.3) is 21.3 Å². The maximum atomic E-state index is 13.3. The fourth-order valence-electron chi connectivity index (χ4n) is 3.25. The Balaban J connectivity index is 1.88. The molecule has 1 aliphatic rings. The van der Waals surface area contributed by atoms with Gasteiger partial charge < -0.3 is 9.80 Å². The molecule has 4 nitrogen and oxygen atoms in total. The van der Waals surface area contributed by atoms with E-state index in [9.17, 15) is 4.39 Å². The van der Waals surface area contributed by atoms with Crippen LogP contribution in [0.1, 0.15) is 4.88 Å². The molecule has 1 aromatic carbocycles. The molecule has 0 amide bonds. The number of piperazine rings is 1. The smallest absolute Gasteiger partial charge is 0.141 e. The van der Waals surface area contributed by atoms with Crippen molar-refractivity contribution in [3.8, 4) is 11.1 Å². The van der Waals surface area contributed by atoms with Crippen LogP contribution in [0, 0.1) is 12.7 Å². The predicted octanol–water partition coefficient (Wildman–Crippen LogP) is 3.56. The van der Waals surface area contributed by atoms with Crippen LogP contribution in [0.5, 0.6) is 0 Å². The summed E-state index contributed by atoms with van der Waals surface area (Å²) >= 11 is 1.67. The molecule has 0 spiro atoms. The number of nitrogens with zero attached hydrogens (tertiary/aromatic N) is 4. The van der Waals surface area contributed by atoms with E-state index >= 15 is 0 Å². The number of aromatic nitrogens is 2. The van der Waals surface area contributed by atoms with Gasteiger partial charge in [0.05, 0.1) is 5.39 Å². The Bertz CT molecular complexity index is 867. The quantitative estimate of drug-likeness (QED) is 0.713. The zero-order valence-electron chi connectivity index (χ0n) is 13.8. The number of thiophene rings is 1. The molecule has 0 N–H and O–H groups in total. The number of anilines is 1. The molecule has 3 heterocycles. The maximum Gasteiger partial charge on any atom is 0.141 e. The highest BCUT2D eigenvalue weighted by atomic mass is 32.1. The van der Waals surface area contributed by atoms with E-state index in [0.29, 0.717) is 0 Å². The molecule has 0 radical (unpaired) electrons. The SMILES string of the molecule is Cc1sc2ncnc(N3CCN(C)CC3)c2c1-c1ccc(F)cc1. The van der Waals surface area contributed by atoms with Crippen molar-refractivity contribution in [1.82, 2.24) is 14.9 Å². The maximum absolute atomic E-state index is 13.3. The molecule has 24 heavy (non-hydrogen) atoms. The van der Waals surface area contributed by atoms with Crippen LogP contribution in [-0.4, -0.2) is 48.1 Å². The van der Waals surface area contributed by atoms with Gasteiger partial charge in [0.2, 0.25) is 0 Å². The topological polar surface area (TPSA) is 32.3 Å². The highest BCUT2D eigenvalue weighted by Gasteiger charge is 2.22. The fraction of sp³-hybridized carbons (Fsp3) is 0.333. The van der Waals surface area contributed by atoms with Crippen molar-refractivity contribution in [2.24, 2.45) is 0 Å². The van der Waals surface area contributed by atoms with Gasteiger partial charge in [-0.3, -0.25) is 0 Å². The molecule has 6 heteroatoms. The number of rotatable bonds is 2. The highest BCUT2D eigenvalue weighted by Crippen LogP contribution is 2.41. The number of benzene rings is 1. The first kappa shape index (κ1) is 15.5. The van der Waals surface area contributed by atoms with E-state index < -0.39 is 0 Å². The summed E-state index contributed by atoms with van der Waals surface area (Å²) in [5, 5.41) is 1.09. The molecule has 0 unspecified atom stereocenters. The molecule has 3 aromatic rings. The third kappa shape index (κ3) is 2.65. The van der Waals surface area contributed by atoms with E-state index in [1.165, 1.54) is 17.0 Å². The first-order chi connectivity index (χ1) is 11.6. The van der Waals surface area contributed by atoms with E-state index in [2.05, 4.69) is 33.7 Å². The van der Waals surface area contributed by atoms with Gasteiger partial charge in [0.25, 0.3) is 0 Å². The Morgan fingerprint density at radius 3 is 2.46 bits per heavy atom. The standard InChI is InChI=1S/C18H19FN4S/c1-12-15(13-3-5-14(19)6-4-13)16-17(20-11-21-18(16)24-12)23-9-7-22(2)8-10-23/h3-6,11H,7-10H2,1-2H3. The second-order valence-corrected chi connectivity index (χ2v) is 7.41. The summed E-state index contributed by atoms with van der Waals surface area (Å²) < 4.78 is 13.3. The van der Waals surface area contributed by atoms with Gasteiger partial charge in [-0.05, 0) is 31.7 Å². The van der Waals surface area contributed by atoms with Crippen molar-refractivity contribution in [2.75, 3.05) is 38.1 Å². The van der Waals surface area contributed by atoms with Crippen molar-refractivity contribution in [3.63, 3.8) is 0 Å². The van der Waals surface area contributed by atoms with Crippen molar-refractivity contribution in [1.29, 1.82) is 0 Å². The summed E-state index contributed by atoms with van der Waals surface area (Å²) in [7, 11) is 2.14. The van der Waals surface area contributed by atoms with Crippen LogP contribution >= 0.6 is 11.3 Å². The summed E-state index contributed by atoms with van der Waals surface area (Å²) in [4.78, 5) is 15.9. The number of hydrogen-bond acceptors (Lipinski definition) is 5. The minimum Gasteiger partial charge on any atom is -0.353 e. The lowest BCUT2D eigenvalue weighted by Crippen LogP contribution is -2.44. The Morgan fingerprint density at radius 2 is 1.75 bits per heavy atom. The molecular weight excluding hydrogens is 323 g/mol. The summed E-state index contributed by atoms with van der Waals surface area (Å²) in [6.07, 6.45) is 1.65. The molecule has 1 saturated heterocycles. The van der Waals surface area contributed by atoms with E-state index in [1.807, 2.05) is 12.1 Å². The third-order valence-corrected chi connectivity index (χ3v) is 5.59. The second-order valence-electron chi connectivity index (χ2n) is 6.21. The second kappa shape index (κ2) is 6.11. The molecular formula is C18H19FN4S. The molecule has 124 valence electrons. The molecule has 0 aliphatic carbocycles. The largest absolute Gasteiger partial charge is 0.353 e. The van der Waals surface area contributed by atoms with Crippen LogP contribution in [0.2, 0.25) is 0 Å². The van der Waals surface area contributed by atoms with Gasteiger partial charge in [-0.2, -0.15) is 0 Å². The van der Waals surface area contributed by atoms with Crippen LogP contribution < -0.4 is 4.90 Å². The summed E-state index contributed by atoms with van der Waals surface area (Å²) in [5.74, 6) is 0.781. The lowest BCUT2D eigenvalue weighted by atomic mass is 10.0. The average Bonchev–Trinajstić information content (AvgIpc) is 2.92. The monoisotopic (exact) mass is 342 g/mol. The predicted molar refractivity (Wildman–Crippen MR) is 97.3 cm³/mol. The van der Waals surface area contributed by atoms with Crippen molar-refractivity contribution in [2.45, 2.75) is 6.92 Å². The Labute approximate surface area is 144 Å². The highest BCUT2D eigenvalue weighted by molar-refractivity contribution is 7.19. The number of likely N-dealkylation sites (N-methyl/N-ethyl adjacent to an activating group) is 1. The number of halogens is 1. The van der Waals surface area contributed by atoms with Crippen LogP contribution in [0.3, 0.4) is 0 Å². The van der Waals surface area contributed by atoms with Gasteiger partial charge in [0, 0.05) is 36.6 Å². The molecule has 0 saturated carbocycles. The zero-order chi connectivity index (χ0) is 16.7. The van der Waals surface area contributed by atoms with Crippen molar-refractivity contribution in [3.05, 3.63) is 41.3 Å². The molecule has 2 aromatic heterocycles. The van der Waals surface area contributed by atoms with Gasteiger partial charge >= 0.3 is 0 Å². The van der Waals surface area contributed by atoms with E-state index in [1.54, 1.807) is 17.7 Å². The minimum absolute atomic E-state index is 0.216. The Kier molecular flexibility index (Phi) is 3.94. The van der Waals surface area contributed by atoms with E-state index in [0.717, 1.165) is 53.3 Å². The van der Waals surface area contributed by atoms with Crippen molar-refractivity contribution >= 4 is 27.4 Å². The molecule has 4 rings (SSSR count). The zero-order valence-corrected chi connectivity index (χ0v) is 14.6. The van der Waals surface area contributed by atoms with Gasteiger partial charge in [-0.1, -0.05) is 12.1 Å². The van der Waals surface area contributed by atoms with E-state index in [-0.39, 0.29) is 5.82 Å². The van der Waals surface area contributed by atoms with Crippen LogP contribution in [0.15, 0.2) is 30.6 Å². The van der Waals surface area contributed by atoms with Crippen LogP contribution in [0.4, 0.5) is 10.2 Å². The molecule has 1 aliphatic heterocycles. The van der Waals surface area contributed by atoms with Gasteiger partial charge in [0.15, 0.2) is 0 Å². The number of aryl methyl sites for hydroxylation is 1. The molecule has 0 atom stereocenters. The summed E-state index contributed by atoms with van der Waals surface area (Å²) in [5.41, 5.74) is 2.15. The van der Waals surface area contributed by atoms with Gasteiger partial charge in [0.1, 0.15) is 22.8 Å². The Hall–Kier alpha value is -2.05. The van der Waals surface area contributed by atoms with Gasteiger partial charge in [-0.25, -0.2) is 14.4 Å². The molecule has 1 fully saturated rings. The normalized spacial score (nSPS) is 16.0. The lowest BCUT2D eigenvalue weighted by Gasteiger charge is -2.33. The first-order valence-corrected chi connectivity index (χ1v) is 8.88. The summed E-state index contributed by atoms with van der Waals surface area (Å²) in [6, 6.07) is 6.70. The van der Waals surface area contributed by atoms with Gasteiger partial charge in [-0.15, -0.1) is 11.3 Å².